The van der Waals surface area contributed by atoms with Gasteiger partial charge in [0.1, 0.15) is 5.75 Å². The van der Waals surface area contributed by atoms with Crippen molar-refractivity contribution in [1.82, 2.24) is 5.32 Å². The lowest BCUT2D eigenvalue weighted by Crippen LogP contribution is -2.24. The summed E-state index contributed by atoms with van der Waals surface area (Å²) in [5.74, 6) is 0.965. The van der Waals surface area contributed by atoms with Crippen LogP contribution >= 0.6 is 0 Å². The molecular formula is C15H23NO2. The van der Waals surface area contributed by atoms with Gasteiger partial charge in [-0.05, 0) is 30.7 Å². The Labute approximate surface area is 109 Å². The number of ether oxygens (including phenoxy) is 2. The van der Waals surface area contributed by atoms with Crippen LogP contribution in [-0.4, -0.2) is 27.4 Å². The van der Waals surface area contributed by atoms with E-state index < -0.39 is 0 Å². The van der Waals surface area contributed by atoms with Gasteiger partial charge in [-0.25, -0.2) is 0 Å². The van der Waals surface area contributed by atoms with E-state index in [0.717, 1.165) is 25.4 Å². The van der Waals surface area contributed by atoms with Crippen LogP contribution in [0.25, 0.3) is 0 Å². The van der Waals surface area contributed by atoms with Crippen LogP contribution < -0.4 is 10.1 Å². The third-order valence-electron chi connectivity index (χ3n) is 3.80. The second-order valence-electron chi connectivity index (χ2n) is 5.16. The van der Waals surface area contributed by atoms with E-state index in [1.165, 1.54) is 24.8 Å². The Morgan fingerprint density at radius 1 is 1.22 bits per heavy atom. The van der Waals surface area contributed by atoms with E-state index >= 15 is 0 Å². The molecule has 0 unspecified atom stereocenters. The molecule has 0 radical (unpaired) electrons. The fourth-order valence-corrected chi connectivity index (χ4v) is 2.32. The van der Waals surface area contributed by atoms with E-state index in [1.54, 1.807) is 14.2 Å². The van der Waals surface area contributed by atoms with Gasteiger partial charge in [-0.2, -0.15) is 0 Å². The molecule has 3 heteroatoms. The third kappa shape index (κ3) is 3.47. The van der Waals surface area contributed by atoms with Gasteiger partial charge in [0.2, 0.25) is 0 Å². The van der Waals surface area contributed by atoms with Crippen molar-refractivity contribution in [2.75, 3.05) is 27.4 Å². The van der Waals surface area contributed by atoms with Crippen LogP contribution in [0.2, 0.25) is 0 Å². The monoisotopic (exact) mass is 249 g/mol. The molecule has 0 heterocycles. The van der Waals surface area contributed by atoms with Crippen LogP contribution in [-0.2, 0) is 11.3 Å². The first kappa shape index (κ1) is 13.4. The number of hydrogen-bond donors (Lipinski definition) is 1. The van der Waals surface area contributed by atoms with Gasteiger partial charge < -0.3 is 14.8 Å². The molecule has 1 aliphatic carbocycles. The van der Waals surface area contributed by atoms with Crippen molar-refractivity contribution >= 4 is 0 Å². The first-order valence-corrected chi connectivity index (χ1v) is 6.61. The Morgan fingerprint density at radius 2 is 2.00 bits per heavy atom. The molecule has 1 aromatic rings. The Morgan fingerprint density at radius 3 is 2.67 bits per heavy atom. The maximum Gasteiger partial charge on any atom is 0.123 e. The zero-order valence-corrected chi connectivity index (χ0v) is 11.4. The first-order valence-electron chi connectivity index (χ1n) is 6.61. The molecule has 0 saturated heterocycles. The molecular weight excluding hydrogens is 226 g/mol. The fraction of sp³-hybridized carbons (Fsp3) is 0.600. The second kappa shape index (κ2) is 6.21. The lowest BCUT2D eigenvalue weighted by atomic mass is 10.0. The van der Waals surface area contributed by atoms with E-state index in [1.807, 2.05) is 12.1 Å². The van der Waals surface area contributed by atoms with E-state index in [0.29, 0.717) is 5.41 Å². The highest BCUT2D eigenvalue weighted by Crippen LogP contribution is 2.48. The van der Waals surface area contributed by atoms with Crippen molar-refractivity contribution in [3.05, 3.63) is 29.8 Å². The highest BCUT2D eigenvalue weighted by molar-refractivity contribution is 5.33. The van der Waals surface area contributed by atoms with Crippen LogP contribution in [0.1, 0.15) is 24.8 Å². The molecule has 2 rings (SSSR count). The molecule has 3 nitrogen and oxygen atoms in total. The largest absolute Gasteiger partial charge is 0.496 e. The molecule has 0 atom stereocenters. The van der Waals surface area contributed by atoms with E-state index in [4.69, 9.17) is 9.47 Å². The molecule has 1 aromatic carbocycles. The van der Waals surface area contributed by atoms with Crippen molar-refractivity contribution < 1.29 is 9.47 Å². The van der Waals surface area contributed by atoms with Gasteiger partial charge in [-0.1, -0.05) is 18.2 Å². The molecule has 100 valence electrons. The molecule has 1 aliphatic rings. The molecule has 1 saturated carbocycles. The Hall–Kier alpha value is -1.06. The minimum Gasteiger partial charge on any atom is -0.496 e. The predicted octanol–water partition coefficient (Wildman–Crippen LogP) is 2.60. The highest BCUT2D eigenvalue weighted by Gasteiger charge is 2.41. The van der Waals surface area contributed by atoms with Crippen LogP contribution in [0.15, 0.2) is 24.3 Å². The second-order valence-corrected chi connectivity index (χ2v) is 5.16. The maximum atomic E-state index is 5.35. The Kier molecular flexibility index (Phi) is 4.61. The van der Waals surface area contributed by atoms with Crippen molar-refractivity contribution in [2.45, 2.75) is 25.8 Å². The number of para-hydroxylation sites is 1. The fourth-order valence-electron chi connectivity index (χ4n) is 2.32. The summed E-state index contributed by atoms with van der Waals surface area (Å²) in [6, 6.07) is 8.18. The normalized spacial score (nSPS) is 16.6. The standard InChI is InChI=1S/C15H23NO2/c1-17-10-9-15(7-8-15)12-16-11-13-5-3-4-6-14(13)18-2/h3-6,16H,7-12H2,1-2H3. The van der Waals surface area contributed by atoms with E-state index in [9.17, 15) is 0 Å². The van der Waals surface area contributed by atoms with E-state index in [2.05, 4.69) is 17.4 Å². The lowest BCUT2D eigenvalue weighted by Gasteiger charge is -2.16. The quantitative estimate of drug-likeness (QED) is 0.768. The summed E-state index contributed by atoms with van der Waals surface area (Å²) >= 11 is 0. The minimum atomic E-state index is 0.498. The zero-order chi connectivity index (χ0) is 12.8. The van der Waals surface area contributed by atoms with Gasteiger partial charge in [0.15, 0.2) is 0 Å². The number of nitrogens with one attached hydrogen (secondary N) is 1. The topological polar surface area (TPSA) is 30.5 Å². The number of benzene rings is 1. The summed E-state index contributed by atoms with van der Waals surface area (Å²) in [5.41, 5.74) is 1.72. The van der Waals surface area contributed by atoms with Gasteiger partial charge in [0.05, 0.1) is 7.11 Å². The smallest absolute Gasteiger partial charge is 0.123 e. The summed E-state index contributed by atoms with van der Waals surface area (Å²) in [4.78, 5) is 0. The average Bonchev–Trinajstić information content (AvgIpc) is 3.17. The summed E-state index contributed by atoms with van der Waals surface area (Å²) in [6.45, 7) is 2.82. The zero-order valence-electron chi connectivity index (χ0n) is 11.4. The van der Waals surface area contributed by atoms with Crippen molar-refractivity contribution in [3.63, 3.8) is 0 Å². The summed E-state index contributed by atoms with van der Waals surface area (Å²) in [7, 11) is 3.50. The van der Waals surface area contributed by atoms with Crippen LogP contribution in [0, 0.1) is 5.41 Å². The number of methoxy groups -OCH3 is 2. The summed E-state index contributed by atoms with van der Waals surface area (Å²) in [6.07, 6.45) is 3.83. The maximum absolute atomic E-state index is 5.35. The Balaban J connectivity index is 1.78. The van der Waals surface area contributed by atoms with Crippen molar-refractivity contribution in [1.29, 1.82) is 0 Å². The predicted molar refractivity (Wildman–Crippen MR) is 72.9 cm³/mol. The molecule has 18 heavy (non-hydrogen) atoms. The molecule has 1 fully saturated rings. The summed E-state index contributed by atoms with van der Waals surface area (Å²) in [5, 5.41) is 3.55. The van der Waals surface area contributed by atoms with E-state index in [-0.39, 0.29) is 0 Å². The first-order chi connectivity index (χ1) is 8.79. The SMILES string of the molecule is COCCC1(CNCc2ccccc2OC)CC1. The van der Waals surface area contributed by atoms with Gasteiger partial charge in [-0.3, -0.25) is 0 Å². The molecule has 0 amide bonds. The number of hydrogen-bond acceptors (Lipinski definition) is 3. The molecule has 0 aliphatic heterocycles. The van der Waals surface area contributed by atoms with Crippen LogP contribution in [0.4, 0.5) is 0 Å². The summed E-state index contributed by atoms with van der Waals surface area (Å²) < 4.78 is 10.5. The Bertz CT molecular complexity index is 375. The van der Waals surface area contributed by atoms with Crippen LogP contribution in [0.5, 0.6) is 5.75 Å². The number of rotatable bonds is 8. The molecule has 0 bridgehead atoms. The minimum absolute atomic E-state index is 0.498. The highest BCUT2D eigenvalue weighted by atomic mass is 16.5. The van der Waals surface area contributed by atoms with Gasteiger partial charge in [0.25, 0.3) is 0 Å². The van der Waals surface area contributed by atoms with Gasteiger partial charge >= 0.3 is 0 Å². The molecule has 0 spiro atoms. The molecule has 1 N–H and O–H groups in total. The van der Waals surface area contributed by atoms with Crippen molar-refractivity contribution in [2.24, 2.45) is 5.41 Å². The molecule has 0 aromatic heterocycles. The third-order valence-corrected chi connectivity index (χ3v) is 3.80. The van der Waals surface area contributed by atoms with Gasteiger partial charge in [0, 0.05) is 32.4 Å². The van der Waals surface area contributed by atoms with Crippen molar-refractivity contribution in [3.8, 4) is 5.75 Å². The van der Waals surface area contributed by atoms with Crippen LogP contribution in [0.3, 0.4) is 0 Å². The lowest BCUT2D eigenvalue weighted by molar-refractivity contribution is 0.171. The van der Waals surface area contributed by atoms with Gasteiger partial charge in [-0.15, -0.1) is 0 Å². The average molecular weight is 249 g/mol.